The molecule has 4 rings (SSSR count). The van der Waals surface area contributed by atoms with E-state index < -0.39 is 5.82 Å². The summed E-state index contributed by atoms with van der Waals surface area (Å²) in [6.45, 7) is 0.612. The molecule has 1 aliphatic heterocycles. The molecule has 1 amide bonds. The molecule has 0 aliphatic carbocycles. The van der Waals surface area contributed by atoms with Crippen molar-refractivity contribution in [1.29, 1.82) is 0 Å². The van der Waals surface area contributed by atoms with Crippen LogP contribution in [0.25, 0.3) is 5.52 Å². The van der Waals surface area contributed by atoms with Gasteiger partial charge in [-0.2, -0.15) is 0 Å². The summed E-state index contributed by atoms with van der Waals surface area (Å²) in [5.74, 6) is 0.120. The molecule has 1 aliphatic rings. The number of carbonyl (C=O) groups excluding carboxylic acids is 1. The van der Waals surface area contributed by atoms with Crippen LogP contribution >= 0.6 is 0 Å². The van der Waals surface area contributed by atoms with Gasteiger partial charge in [0.25, 0.3) is 5.91 Å². The molecule has 1 fully saturated rings. The molecular formula is C21H23FN4O. The fourth-order valence-corrected chi connectivity index (χ4v) is 3.81. The van der Waals surface area contributed by atoms with E-state index in [1.54, 1.807) is 23.1 Å². The van der Waals surface area contributed by atoms with Crippen molar-refractivity contribution in [2.24, 2.45) is 0 Å². The van der Waals surface area contributed by atoms with Gasteiger partial charge in [0, 0.05) is 33.0 Å². The number of hydrogen-bond acceptors (Lipinski definition) is 3. The zero-order chi connectivity index (χ0) is 19.0. The van der Waals surface area contributed by atoms with Gasteiger partial charge >= 0.3 is 0 Å². The molecule has 0 spiro atoms. The second kappa shape index (κ2) is 7.02. The van der Waals surface area contributed by atoms with E-state index in [1.165, 1.54) is 6.07 Å². The molecule has 2 aromatic heterocycles. The first-order valence-electron chi connectivity index (χ1n) is 9.26. The molecule has 1 aromatic carbocycles. The fraction of sp³-hybridized carbons (Fsp3) is 0.333. The van der Waals surface area contributed by atoms with Crippen molar-refractivity contribution >= 4 is 17.2 Å². The Bertz CT molecular complexity index is 981. The van der Waals surface area contributed by atoms with Crippen LogP contribution in [0, 0.1) is 5.82 Å². The van der Waals surface area contributed by atoms with Gasteiger partial charge in [0.05, 0.1) is 22.8 Å². The number of rotatable bonds is 3. The quantitative estimate of drug-likeness (QED) is 0.706. The molecule has 0 radical (unpaired) electrons. The number of aromatic nitrogens is 2. The van der Waals surface area contributed by atoms with Crippen molar-refractivity contribution in [3.05, 3.63) is 65.9 Å². The Morgan fingerprint density at radius 3 is 2.78 bits per heavy atom. The smallest absolute Gasteiger partial charge is 0.257 e. The topological polar surface area (TPSA) is 40.9 Å². The average Bonchev–Trinajstić information content (AvgIpc) is 3.15. The molecule has 6 heteroatoms. The Morgan fingerprint density at radius 2 is 2.00 bits per heavy atom. The maximum atomic E-state index is 14.2. The van der Waals surface area contributed by atoms with E-state index in [4.69, 9.17) is 4.98 Å². The van der Waals surface area contributed by atoms with E-state index in [9.17, 15) is 9.18 Å². The molecule has 140 valence electrons. The maximum absolute atomic E-state index is 14.2. The Kier molecular flexibility index (Phi) is 4.56. The highest BCUT2D eigenvalue weighted by atomic mass is 19.1. The Balaban J connectivity index is 1.76. The summed E-state index contributed by atoms with van der Waals surface area (Å²) in [7, 11) is 3.92. The summed E-state index contributed by atoms with van der Waals surface area (Å²) in [4.78, 5) is 21.7. The summed E-state index contributed by atoms with van der Waals surface area (Å²) < 4.78 is 16.2. The maximum Gasteiger partial charge on any atom is 0.257 e. The molecule has 5 nitrogen and oxygen atoms in total. The minimum absolute atomic E-state index is 0.124. The van der Waals surface area contributed by atoms with Gasteiger partial charge in [-0.15, -0.1) is 0 Å². The lowest BCUT2D eigenvalue weighted by atomic mass is 9.98. The lowest BCUT2D eigenvalue weighted by Gasteiger charge is -2.36. The van der Waals surface area contributed by atoms with Crippen molar-refractivity contribution in [2.45, 2.75) is 25.3 Å². The minimum Gasteiger partial charge on any atom is -0.361 e. The number of piperidine rings is 1. The van der Waals surface area contributed by atoms with Crippen LogP contribution in [-0.2, 0) is 0 Å². The summed E-state index contributed by atoms with van der Waals surface area (Å²) in [6.07, 6.45) is 6.74. The molecule has 1 atom stereocenters. The number of amides is 1. The molecular weight excluding hydrogens is 343 g/mol. The number of halogens is 1. The molecule has 3 heterocycles. The fourth-order valence-electron chi connectivity index (χ4n) is 3.81. The molecule has 0 bridgehead atoms. The summed E-state index contributed by atoms with van der Waals surface area (Å²) in [6, 6.07) is 10.0. The average molecular weight is 366 g/mol. The first-order valence-corrected chi connectivity index (χ1v) is 9.26. The molecule has 27 heavy (non-hydrogen) atoms. The van der Waals surface area contributed by atoms with E-state index >= 15 is 0 Å². The van der Waals surface area contributed by atoms with Gasteiger partial charge in [0.2, 0.25) is 0 Å². The predicted molar refractivity (Wildman–Crippen MR) is 104 cm³/mol. The monoisotopic (exact) mass is 366 g/mol. The van der Waals surface area contributed by atoms with Crippen molar-refractivity contribution in [2.75, 3.05) is 25.5 Å². The van der Waals surface area contributed by atoms with Crippen molar-refractivity contribution in [3.8, 4) is 0 Å². The standard InChI is InChI=1S/C21H23FN4O/c1-24(2)20-19-11-7-12-25(19)14-17(23-20)18-10-5-6-13-26(18)21(27)15-8-3-4-9-16(15)22/h3-4,7-9,11-12,14,18H,5-6,10,13H2,1-2H3/t18-/m0/s1. The van der Waals surface area contributed by atoms with E-state index in [1.807, 2.05) is 47.9 Å². The van der Waals surface area contributed by atoms with Gasteiger partial charge in [-0.1, -0.05) is 12.1 Å². The van der Waals surface area contributed by atoms with Crippen LogP contribution in [0.15, 0.2) is 48.8 Å². The number of fused-ring (bicyclic) bond motifs is 1. The van der Waals surface area contributed by atoms with Crippen LogP contribution in [0.3, 0.4) is 0 Å². The SMILES string of the molecule is CN(C)c1nc([C@@H]2CCCCN2C(=O)c2ccccc2F)cn2cccc12. The third kappa shape index (κ3) is 3.16. The highest BCUT2D eigenvalue weighted by Gasteiger charge is 2.31. The van der Waals surface area contributed by atoms with Crippen LogP contribution in [0.2, 0.25) is 0 Å². The molecule has 0 unspecified atom stereocenters. The molecule has 1 saturated heterocycles. The Morgan fingerprint density at radius 1 is 1.19 bits per heavy atom. The van der Waals surface area contributed by atoms with Crippen LogP contribution in [0.1, 0.15) is 41.4 Å². The van der Waals surface area contributed by atoms with Gasteiger partial charge in [0.15, 0.2) is 5.82 Å². The lowest BCUT2D eigenvalue weighted by molar-refractivity contribution is 0.0601. The highest BCUT2D eigenvalue weighted by Crippen LogP contribution is 2.33. The minimum atomic E-state index is -0.477. The zero-order valence-electron chi connectivity index (χ0n) is 15.6. The van der Waals surface area contributed by atoms with Crippen LogP contribution in [0.5, 0.6) is 0 Å². The van der Waals surface area contributed by atoms with Crippen LogP contribution < -0.4 is 4.90 Å². The second-order valence-electron chi connectivity index (χ2n) is 7.17. The number of nitrogens with zero attached hydrogens (tertiary/aromatic N) is 4. The largest absolute Gasteiger partial charge is 0.361 e. The van der Waals surface area contributed by atoms with E-state index in [0.29, 0.717) is 6.54 Å². The van der Waals surface area contributed by atoms with Crippen molar-refractivity contribution in [1.82, 2.24) is 14.3 Å². The number of likely N-dealkylation sites (tertiary alicyclic amines) is 1. The number of benzene rings is 1. The van der Waals surface area contributed by atoms with Crippen molar-refractivity contribution in [3.63, 3.8) is 0 Å². The van der Waals surface area contributed by atoms with Gasteiger partial charge < -0.3 is 14.2 Å². The van der Waals surface area contributed by atoms with E-state index in [-0.39, 0.29) is 17.5 Å². The Labute approximate surface area is 158 Å². The van der Waals surface area contributed by atoms with Gasteiger partial charge in [-0.25, -0.2) is 9.37 Å². The summed E-state index contributed by atoms with van der Waals surface area (Å²) >= 11 is 0. The normalized spacial score (nSPS) is 17.3. The summed E-state index contributed by atoms with van der Waals surface area (Å²) in [5.41, 5.74) is 1.98. The van der Waals surface area contributed by atoms with Crippen molar-refractivity contribution < 1.29 is 9.18 Å². The van der Waals surface area contributed by atoms with E-state index in [2.05, 4.69) is 0 Å². The predicted octanol–water partition coefficient (Wildman–Crippen LogP) is 3.91. The third-order valence-electron chi connectivity index (χ3n) is 5.15. The molecule has 0 N–H and O–H groups in total. The van der Waals surface area contributed by atoms with Crippen LogP contribution in [-0.4, -0.2) is 40.8 Å². The summed E-state index contributed by atoms with van der Waals surface area (Å²) in [5, 5.41) is 0. The number of hydrogen-bond donors (Lipinski definition) is 0. The van der Waals surface area contributed by atoms with Gasteiger partial charge in [0.1, 0.15) is 5.82 Å². The third-order valence-corrected chi connectivity index (χ3v) is 5.15. The Hall–Kier alpha value is -2.89. The van der Waals surface area contributed by atoms with E-state index in [0.717, 1.165) is 36.3 Å². The highest BCUT2D eigenvalue weighted by molar-refractivity contribution is 5.94. The lowest BCUT2D eigenvalue weighted by Crippen LogP contribution is -2.39. The molecule has 3 aromatic rings. The van der Waals surface area contributed by atoms with Gasteiger partial charge in [-0.05, 0) is 43.5 Å². The zero-order valence-corrected chi connectivity index (χ0v) is 15.6. The first kappa shape index (κ1) is 17.5. The number of carbonyl (C=O) groups is 1. The van der Waals surface area contributed by atoms with Gasteiger partial charge in [-0.3, -0.25) is 4.79 Å². The number of anilines is 1. The first-order chi connectivity index (χ1) is 13.1. The second-order valence-corrected chi connectivity index (χ2v) is 7.17. The molecule has 0 saturated carbocycles. The van der Waals surface area contributed by atoms with Crippen LogP contribution in [0.4, 0.5) is 10.2 Å².